The van der Waals surface area contributed by atoms with Gasteiger partial charge in [0.15, 0.2) is 5.82 Å². The van der Waals surface area contributed by atoms with Crippen LogP contribution in [0.2, 0.25) is 5.02 Å². The van der Waals surface area contributed by atoms with Gasteiger partial charge in [0.25, 0.3) is 5.56 Å². The molecular formula is C12H12ClN3O. The fourth-order valence-electron chi connectivity index (χ4n) is 1.44. The van der Waals surface area contributed by atoms with Gasteiger partial charge in [-0.1, -0.05) is 25.4 Å². The maximum Gasteiger partial charge on any atom is 0.251 e. The number of rotatable bonds is 2. The molecule has 4 nitrogen and oxygen atoms in total. The van der Waals surface area contributed by atoms with Crippen LogP contribution >= 0.6 is 11.6 Å². The van der Waals surface area contributed by atoms with Crippen molar-refractivity contribution in [3.8, 4) is 11.5 Å². The molecule has 88 valence electrons. The summed E-state index contributed by atoms with van der Waals surface area (Å²) in [5, 5.41) is 0.469. The van der Waals surface area contributed by atoms with E-state index in [-0.39, 0.29) is 11.5 Å². The minimum atomic E-state index is -0.194. The third kappa shape index (κ3) is 2.53. The van der Waals surface area contributed by atoms with Crippen LogP contribution in [-0.2, 0) is 0 Å². The summed E-state index contributed by atoms with van der Waals surface area (Å²) in [6.45, 7) is 3.96. The Labute approximate surface area is 104 Å². The zero-order valence-corrected chi connectivity index (χ0v) is 10.3. The lowest BCUT2D eigenvalue weighted by molar-refractivity contribution is 0.811. The Balaban J connectivity index is 2.60. The van der Waals surface area contributed by atoms with E-state index in [1.54, 1.807) is 18.3 Å². The summed E-state index contributed by atoms with van der Waals surface area (Å²) in [4.78, 5) is 22.7. The summed E-state index contributed by atoms with van der Waals surface area (Å²) in [6, 6.07) is 4.94. The summed E-state index contributed by atoms with van der Waals surface area (Å²) in [7, 11) is 0. The average Bonchev–Trinajstić information content (AvgIpc) is 2.28. The number of H-pyrrole nitrogens is 1. The number of hydrogen-bond donors (Lipinski definition) is 1. The van der Waals surface area contributed by atoms with Crippen molar-refractivity contribution in [2.45, 2.75) is 19.8 Å². The van der Waals surface area contributed by atoms with Crippen LogP contribution < -0.4 is 5.56 Å². The normalized spacial score (nSPS) is 10.8. The molecule has 1 N–H and O–H groups in total. The largest absolute Gasteiger partial charge is 0.305 e. The fourth-order valence-corrected chi connectivity index (χ4v) is 1.66. The van der Waals surface area contributed by atoms with Crippen LogP contribution in [0.25, 0.3) is 11.5 Å². The number of aromatic amines is 1. The summed E-state index contributed by atoms with van der Waals surface area (Å²) in [5.74, 6) is 0.588. The minimum absolute atomic E-state index is 0.179. The van der Waals surface area contributed by atoms with Gasteiger partial charge in [-0.05, 0) is 18.1 Å². The minimum Gasteiger partial charge on any atom is -0.305 e. The van der Waals surface area contributed by atoms with Crippen molar-refractivity contribution in [2.24, 2.45) is 0 Å². The molecule has 0 saturated heterocycles. The molecule has 0 radical (unpaired) electrons. The third-order valence-electron chi connectivity index (χ3n) is 2.34. The van der Waals surface area contributed by atoms with Crippen molar-refractivity contribution in [3.63, 3.8) is 0 Å². The Hall–Kier alpha value is -1.68. The summed E-state index contributed by atoms with van der Waals surface area (Å²) >= 11 is 6.02. The predicted molar refractivity (Wildman–Crippen MR) is 67.2 cm³/mol. The van der Waals surface area contributed by atoms with E-state index in [1.807, 2.05) is 13.8 Å². The van der Waals surface area contributed by atoms with Crippen molar-refractivity contribution in [1.82, 2.24) is 15.0 Å². The molecule has 0 bridgehead atoms. The third-order valence-corrected chi connectivity index (χ3v) is 2.64. The van der Waals surface area contributed by atoms with Crippen molar-refractivity contribution >= 4 is 11.6 Å². The second-order valence-corrected chi connectivity index (χ2v) is 4.41. The van der Waals surface area contributed by atoms with Gasteiger partial charge in [0.05, 0.1) is 10.7 Å². The molecule has 2 rings (SSSR count). The maximum absolute atomic E-state index is 11.5. The summed E-state index contributed by atoms with van der Waals surface area (Å²) < 4.78 is 0. The quantitative estimate of drug-likeness (QED) is 0.890. The molecule has 0 aliphatic rings. The van der Waals surface area contributed by atoms with E-state index in [2.05, 4.69) is 15.0 Å². The first-order valence-electron chi connectivity index (χ1n) is 5.30. The number of halogens is 1. The Bertz CT molecular complexity index is 592. The molecule has 0 spiro atoms. The lowest BCUT2D eigenvalue weighted by atomic mass is 10.1. The Morgan fingerprint density at radius 3 is 2.82 bits per heavy atom. The maximum atomic E-state index is 11.5. The van der Waals surface area contributed by atoms with Crippen LogP contribution in [0.4, 0.5) is 0 Å². The van der Waals surface area contributed by atoms with Gasteiger partial charge in [0.2, 0.25) is 0 Å². The molecule has 2 aromatic rings. The standard InChI is InChI=1S/C12H12ClN3O/c1-7(2)9-6-10(17)16-12(15-9)11-8(13)4-3-5-14-11/h3-7H,1-2H3,(H,15,16,17). The number of aromatic nitrogens is 3. The van der Waals surface area contributed by atoms with Crippen LogP contribution in [0, 0.1) is 0 Å². The zero-order valence-electron chi connectivity index (χ0n) is 9.57. The topological polar surface area (TPSA) is 58.6 Å². The van der Waals surface area contributed by atoms with Gasteiger partial charge in [-0.25, -0.2) is 4.98 Å². The first-order valence-corrected chi connectivity index (χ1v) is 5.68. The van der Waals surface area contributed by atoms with Crippen molar-refractivity contribution in [2.75, 3.05) is 0 Å². The Morgan fingerprint density at radius 1 is 1.41 bits per heavy atom. The molecule has 0 fully saturated rings. The molecule has 0 aliphatic carbocycles. The van der Waals surface area contributed by atoms with Crippen molar-refractivity contribution in [1.29, 1.82) is 0 Å². The van der Waals surface area contributed by atoms with E-state index < -0.39 is 0 Å². The van der Waals surface area contributed by atoms with Crippen molar-refractivity contribution in [3.05, 3.63) is 45.5 Å². The van der Waals surface area contributed by atoms with E-state index in [1.165, 1.54) is 6.07 Å². The van der Waals surface area contributed by atoms with Gasteiger partial charge in [0, 0.05) is 12.3 Å². The van der Waals surface area contributed by atoms with Gasteiger partial charge in [0.1, 0.15) is 5.69 Å². The molecule has 0 unspecified atom stereocenters. The molecule has 17 heavy (non-hydrogen) atoms. The first kappa shape index (κ1) is 11.8. The van der Waals surface area contributed by atoms with E-state index in [0.717, 1.165) is 5.69 Å². The second kappa shape index (κ2) is 4.67. The molecule has 2 aromatic heterocycles. The van der Waals surface area contributed by atoms with Gasteiger partial charge >= 0.3 is 0 Å². The van der Waals surface area contributed by atoms with Gasteiger partial charge in [-0.15, -0.1) is 0 Å². The molecule has 0 aliphatic heterocycles. The average molecular weight is 250 g/mol. The van der Waals surface area contributed by atoms with Crippen LogP contribution in [0.1, 0.15) is 25.5 Å². The highest BCUT2D eigenvalue weighted by Crippen LogP contribution is 2.22. The highest BCUT2D eigenvalue weighted by atomic mass is 35.5. The van der Waals surface area contributed by atoms with Gasteiger partial charge in [-0.3, -0.25) is 9.78 Å². The molecule has 2 heterocycles. The molecule has 0 saturated carbocycles. The summed E-state index contributed by atoms with van der Waals surface area (Å²) in [6.07, 6.45) is 1.61. The van der Waals surface area contributed by atoms with Crippen LogP contribution in [0.3, 0.4) is 0 Å². The van der Waals surface area contributed by atoms with E-state index in [4.69, 9.17) is 11.6 Å². The fraction of sp³-hybridized carbons (Fsp3) is 0.250. The molecule has 0 aromatic carbocycles. The molecule has 5 heteroatoms. The number of hydrogen-bond acceptors (Lipinski definition) is 3. The lowest BCUT2D eigenvalue weighted by Crippen LogP contribution is -2.11. The summed E-state index contributed by atoms with van der Waals surface area (Å²) in [5.41, 5.74) is 1.03. The van der Waals surface area contributed by atoms with Gasteiger partial charge in [-0.2, -0.15) is 0 Å². The van der Waals surface area contributed by atoms with Crippen LogP contribution in [-0.4, -0.2) is 15.0 Å². The monoisotopic (exact) mass is 249 g/mol. The predicted octanol–water partition coefficient (Wildman–Crippen LogP) is 2.61. The Morgan fingerprint density at radius 2 is 2.18 bits per heavy atom. The highest BCUT2D eigenvalue weighted by Gasteiger charge is 2.10. The van der Waals surface area contributed by atoms with Crippen LogP contribution in [0.15, 0.2) is 29.2 Å². The van der Waals surface area contributed by atoms with Crippen molar-refractivity contribution < 1.29 is 0 Å². The van der Waals surface area contributed by atoms with E-state index >= 15 is 0 Å². The van der Waals surface area contributed by atoms with E-state index in [0.29, 0.717) is 16.5 Å². The smallest absolute Gasteiger partial charge is 0.251 e. The SMILES string of the molecule is CC(C)c1cc(=O)[nH]c(-c2ncccc2Cl)n1. The number of nitrogens with zero attached hydrogens (tertiary/aromatic N) is 2. The highest BCUT2D eigenvalue weighted by molar-refractivity contribution is 6.32. The second-order valence-electron chi connectivity index (χ2n) is 4.01. The molecule has 0 amide bonds. The Kier molecular flexibility index (Phi) is 3.24. The van der Waals surface area contributed by atoms with Gasteiger partial charge < -0.3 is 4.98 Å². The first-order chi connectivity index (χ1) is 8.08. The molecular weight excluding hydrogens is 238 g/mol. The van der Waals surface area contributed by atoms with Crippen LogP contribution in [0.5, 0.6) is 0 Å². The lowest BCUT2D eigenvalue weighted by Gasteiger charge is -2.07. The number of pyridine rings is 1. The van der Waals surface area contributed by atoms with E-state index in [9.17, 15) is 4.79 Å². The molecule has 0 atom stereocenters. The number of nitrogens with one attached hydrogen (secondary N) is 1. The zero-order chi connectivity index (χ0) is 12.4.